The van der Waals surface area contributed by atoms with Crippen molar-refractivity contribution in [3.05, 3.63) is 34.3 Å². The van der Waals surface area contributed by atoms with Crippen LogP contribution in [0.4, 0.5) is 0 Å². The van der Waals surface area contributed by atoms with Crippen molar-refractivity contribution in [1.29, 1.82) is 0 Å². The predicted octanol–water partition coefficient (Wildman–Crippen LogP) is 3.53. The Morgan fingerprint density at radius 3 is 2.81 bits per heavy atom. The van der Waals surface area contributed by atoms with Crippen LogP contribution in [0.2, 0.25) is 0 Å². The van der Waals surface area contributed by atoms with Crippen molar-refractivity contribution in [2.75, 3.05) is 19.8 Å². The number of halogens is 1. The molecule has 90 valence electrons. The van der Waals surface area contributed by atoms with E-state index in [1.807, 2.05) is 13.0 Å². The number of hydrogen-bond acceptors (Lipinski definition) is 2. The molecule has 0 aliphatic carbocycles. The van der Waals surface area contributed by atoms with Crippen LogP contribution in [0.15, 0.2) is 28.7 Å². The van der Waals surface area contributed by atoms with Gasteiger partial charge in [0.15, 0.2) is 0 Å². The fourth-order valence-electron chi connectivity index (χ4n) is 1.57. The summed E-state index contributed by atoms with van der Waals surface area (Å²) in [5.41, 5.74) is 1.30. The van der Waals surface area contributed by atoms with E-state index in [0.717, 1.165) is 26.2 Å². The highest BCUT2D eigenvalue weighted by molar-refractivity contribution is 9.10. The predicted molar refractivity (Wildman–Crippen MR) is 71.7 cm³/mol. The SMILES string of the molecule is CCOCCCN[C@@H](C)c1ccccc1Br. The molecule has 0 heterocycles. The van der Waals surface area contributed by atoms with Gasteiger partial charge in [0.1, 0.15) is 0 Å². The Morgan fingerprint density at radius 1 is 1.38 bits per heavy atom. The minimum atomic E-state index is 0.372. The second kappa shape index (κ2) is 7.82. The van der Waals surface area contributed by atoms with E-state index in [0.29, 0.717) is 6.04 Å². The van der Waals surface area contributed by atoms with Gasteiger partial charge in [-0.05, 0) is 38.4 Å². The van der Waals surface area contributed by atoms with Crippen LogP contribution in [-0.2, 0) is 4.74 Å². The molecule has 0 saturated carbocycles. The highest BCUT2D eigenvalue weighted by Gasteiger charge is 2.06. The molecule has 0 fully saturated rings. The van der Waals surface area contributed by atoms with Crippen molar-refractivity contribution in [2.45, 2.75) is 26.3 Å². The highest BCUT2D eigenvalue weighted by Crippen LogP contribution is 2.22. The molecular formula is C13H20BrNO. The quantitative estimate of drug-likeness (QED) is 0.774. The standard InChI is InChI=1S/C13H20BrNO/c1-3-16-10-6-9-15-11(2)12-7-4-5-8-13(12)14/h4-5,7-8,11,15H,3,6,9-10H2,1-2H3/t11-/m0/s1. The zero-order chi connectivity index (χ0) is 11.8. The molecule has 0 amide bonds. The van der Waals surface area contributed by atoms with Gasteiger partial charge in [0.2, 0.25) is 0 Å². The Bertz CT molecular complexity index is 304. The lowest BCUT2D eigenvalue weighted by Gasteiger charge is -2.15. The van der Waals surface area contributed by atoms with E-state index in [1.165, 1.54) is 10.0 Å². The molecule has 3 heteroatoms. The molecule has 0 unspecified atom stereocenters. The molecule has 0 saturated heterocycles. The van der Waals surface area contributed by atoms with Gasteiger partial charge in [-0.1, -0.05) is 34.1 Å². The first kappa shape index (κ1) is 13.7. The average Bonchev–Trinajstić information content (AvgIpc) is 2.29. The fraction of sp³-hybridized carbons (Fsp3) is 0.538. The number of rotatable bonds is 7. The molecule has 0 spiro atoms. The van der Waals surface area contributed by atoms with Crippen LogP contribution in [-0.4, -0.2) is 19.8 Å². The molecule has 16 heavy (non-hydrogen) atoms. The summed E-state index contributed by atoms with van der Waals surface area (Å²) < 4.78 is 6.46. The molecule has 2 nitrogen and oxygen atoms in total. The number of nitrogens with one attached hydrogen (secondary N) is 1. The Balaban J connectivity index is 2.30. The van der Waals surface area contributed by atoms with Gasteiger partial charge < -0.3 is 10.1 Å². The number of benzene rings is 1. The summed E-state index contributed by atoms with van der Waals surface area (Å²) in [6.07, 6.45) is 1.06. The smallest absolute Gasteiger partial charge is 0.0477 e. The molecular weight excluding hydrogens is 266 g/mol. The zero-order valence-corrected chi connectivity index (χ0v) is 11.6. The number of hydrogen-bond donors (Lipinski definition) is 1. The first-order chi connectivity index (χ1) is 7.75. The van der Waals surface area contributed by atoms with Crippen LogP contribution in [0.25, 0.3) is 0 Å². The van der Waals surface area contributed by atoms with Gasteiger partial charge in [-0.25, -0.2) is 0 Å². The summed E-state index contributed by atoms with van der Waals surface area (Å²) >= 11 is 3.57. The van der Waals surface area contributed by atoms with E-state index in [4.69, 9.17) is 4.74 Å². The molecule has 0 aliphatic heterocycles. The highest BCUT2D eigenvalue weighted by atomic mass is 79.9. The third-order valence-electron chi connectivity index (χ3n) is 2.49. The lowest BCUT2D eigenvalue weighted by atomic mass is 10.1. The fourth-order valence-corrected chi connectivity index (χ4v) is 2.20. The molecule has 0 aromatic heterocycles. The first-order valence-corrected chi connectivity index (χ1v) is 6.60. The van der Waals surface area contributed by atoms with Crippen molar-refractivity contribution in [1.82, 2.24) is 5.32 Å². The Labute approximate surface area is 107 Å². The van der Waals surface area contributed by atoms with Gasteiger partial charge in [-0.15, -0.1) is 0 Å². The minimum absolute atomic E-state index is 0.372. The second-order valence-corrected chi connectivity index (χ2v) is 4.60. The van der Waals surface area contributed by atoms with Gasteiger partial charge in [-0.3, -0.25) is 0 Å². The largest absolute Gasteiger partial charge is 0.382 e. The van der Waals surface area contributed by atoms with Crippen molar-refractivity contribution >= 4 is 15.9 Å². The van der Waals surface area contributed by atoms with Crippen LogP contribution in [0.1, 0.15) is 31.9 Å². The molecule has 0 radical (unpaired) electrons. The maximum atomic E-state index is 5.30. The summed E-state index contributed by atoms with van der Waals surface area (Å²) in [4.78, 5) is 0. The van der Waals surface area contributed by atoms with Crippen molar-refractivity contribution in [3.8, 4) is 0 Å². The van der Waals surface area contributed by atoms with Crippen molar-refractivity contribution < 1.29 is 4.74 Å². The van der Waals surface area contributed by atoms with Crippen LogP contribution in [0.5, 0.6) is 0 Å². The third kappa shape index (κ3) is 4.64. The van der Waals surface area contributed by atoms with Gasteiger partial charge >= 0.3 is 0 Å². The topological polar surface area (TPSA) is 21.3 Å². The summed E-state index contributed by atoms with van der Waals surface area (Å²) in [6, 6.07) is 8.70. The summed E-state index contributed by atoms with van der Waals surface area (Å²) in [5, 5.41) is 3.49. The molecule has 1 rings (SSSR count). The minimum Gasteiger partial charge on any atom is -0.382 e. The van der Waals surface area contributed by atoms with Crippen LogP contribution in [0, 0.1) is 0 Å². The summed E-state index contributed by atoms with van der Waals surface area (Å²) in [6.45, 7) is 6.84. The Kier molecular flexibility index (Phi) is 6.69. The van der Waals surface area contributed by atoms with Crippen molar-refractivity contribution in [2.24, 2.45) is 0 Å². The van der Waals surface area contributed by atoms with Crippen LogP contribution < -0.4 is 5.32 Å². The van der Waals surface area contributed by atoms with Gasteiger partial charge in [0.05, 0.1) is 0 Å². The average molecular weight is 286 g/mol. The summed E-state index contributed by atoms with van der Waals surface area (Å²) in [5.74, 6) is 0. The molecule has 0 bridgehead atoms. The van der Waals surface area contributed by atoms with E-state index in [9.17, 15) is 0 Å². The molecule has 1 aromatic rings. The molecule has 0 aliphatic rings. The second-order valence-electron chi connectivity index (χ2n) is 3.75. The first-order valence-electron chi connectivity index (χ1n) is 5.81. The lowest BCUT2D eigenvalue weighted by molar-refractivity contribution is 0.144. The molecule has 1 N–H and O–H groups in total. The molecule has 1 aromatic carbocycles. The van der Waals surface area contributed by atoms with E-state index in [-0.39, 0.29) is 0 Å². The normalized spacial score (nSPS) is 12.7. The van der Waals surface area contributed by atoms with Crippen molar-refractivity contribution in [3.63, 3.8) is 0 Å². The number of ether oxygens (including phenoxy) is 1. The zero-order valence-electron chi connectivity index (χ0n) is 10.0. The lowest BCUT2D eigenvalue weighted by Crippen LogP contribution is -2.21. The van der Waals surface area contributed by atoms with Crippen LogP contribution in [0.3, 0.4) is 0 Å². The maximum absolute atomic E-state index is 5.30. The van der Waals surface area contributed by atoms with Gasteiger partial charge in [-0.2, -0.15) is 0 Å². The van der Waals surface area contributed by atoms with Gasteiger partial charge in [0.25, 0.3) is 0 Å². The monoisotopic (exact) mass is 285 g/mol. The van der Waals surface area contributed by atoms with E-state index < -0.39 is 0 Å². The van der Waals surface area contributed by atoms with Gasteiger partial charge in [0, 0.05) is 23.7 Å². The maximum Gasteiger partial charge on any atom is 0.0477 e. The Morgan fingerprint density at radius 2 is 2.12 bits per heavy atom. The molecule has 1 atom stereocenters. The Hall–Kier alpha value is -0.380. The van der Waals surface area contributed by atoms with E-state index in [2.05, 4.69) is 46.4 Å². The van der Waals surface area contributed by atoms with Crippen LogP contribution >= 0.6 is 15.9 Å². The third-order valence-corrected chi connectivity index (χ3v) is 3.21. The van der Waals surface area contributed by atoms with E-state index >= 15 is 0 Å². The summed E-state index contributed by atoms with van der Waals surface area (Å²) in [7, 11) is 0. The van der Waals surface area contributed by atoms with E-state index in [1.54, 1.807) is 0 Å².